The Kier molecular flexibility index (Phi) is 4.74. The Labute approximate surface area is 139 Å². The normalized spacial score (nSPS) is 26.3. The number of hydrogen-bond donors (Lipinski definition) is 0. The highest BCUT2D eigenvalue weighted by atomic mass is 16.5. The highest BCUT2D eigenvalue weighted by Crippen LogP contribution is 2.35. The van der Waals surface area contributed by atoms with Crippen molar-refractivity contribution >= 4 is 5.91 Å². The molecule has 4 heteroatoms. The van der Waals surface area contributed by atoms with Crippen LogP contribution in [-0.4, -0.2) is 54.6 Å². The molecule has 1 aromatic carbocycles. The van der Waals surface area contributed by atoms with E-state index in [4.69, 9.17) is 4.74 Å². The molecule has 4 nitrogen and oxygen atoms in total. The molecule has 1 aromatic rings. The second-order valence-electron chi connectivity index (χ2n) is 7.48. The van der Waals surface area contributed by atoms with Crippen LogP contribution in [0.3, 0.4) is 0 Å². The first-order valence-corrected chi connectivity index (χ1v) is 8.63. The average Bonchev–Trinajstić information content (AvgIpc) is 2.70. The Morgan fingerprint density at radius 3 is 2.74 bits per heavy atom. The van der Waals surface area contributed by atoms with Crippen LogP contribution in [0.2, 0.25) is 0 Å². The number of aryl methyl sites for hydroxylation is 1. The number of amides is 1. The number of carbonyl (C=O) groups is 1. The van der Waals surface area contributed by atoms with E-state index in [1.54, 1.807) is 0 Å². The van der Waals surface area contributed by atoms with Gasteiger partial charge in [-0.2, -0.15) is 0 Å². The summed E-state index contributed by atoms with van der Waals surface area (Å²) in [4.78, 5) is 16.9. The third kappa shape index (κ3) is 3.59. The molecule has 0 radical (unpaired) electrons. The summed E-state index contributed by atoms with van der Waals surface area (Å²) in [5.74, 6) is 0.279. The first-order chi connectivity index (χ1) is 11.0. The van der Waals surface area contributed by atoms with Gasteiger partial charge >= 0.3 is 0 Å². The van der Waals surface area contributed by atoms with Gasteiger partial charge in [-0.15, -0.1) is 0 Å². The van der Waals surface area contributed by atoms with Gasteiger partial charge < -0.3 is 9.64 Å². The number of nitrogens with zero attached hydrogens (tertiary/aromatic N) is 2. The van der Waals surface area contributed by atoms with Crippen LogP contribution in [0.5, 0.6) is 0 Å². The Hall–Kier alpha value is -1.39. The number of hydrogen-bond acceptors (Lipinski definition) is 3. The number of benzene rings is 1. The van der Waals surface area contributed by atoms with Crippen LogP contribution in [0.25, 0.3) is 0 Å². The van der Waals surface area contributed by atoms with Crippen LogP contribution < -0.4 is 0 Å². The average molecular weight is 316 g/mol. The molecule has 23 heavy (non-hydrogen) atoms. The van der Waals surface area contributed by atoms with Gasteiger partial charge in [0, 0.05) is 44.1 Å². The summed E-state index contributed by atoms with van der Waals surface area (Å²) >= 11 is 0. The molecular formula is C19H28N2O2. The van der Waals surface area contributed by atoms with Crippen molar-refractivity contribution in [3.05, 3.63) is 35.4 Å². The molecule has 2 fully saturated rings. The van der Waals surface area contributed by atoms with Crippen molar-refractivity contribution in [2.24, 2.45) is 5.41 Å². The third-order valence-electron chi connectivity index (χ3n) is 5.15. The van der Waals surface area contributed by atoms with E-state index in [9.17, 15) is 4.79 Å². The van der Waals surface area contributed by atoms with E-state index < -0.39 is 0 Å². The lowest BCUT2D eigenvalue weighted by atomic mass is 9.87. The number of ether oxygens (including phenoxy) is 1. The van der Waals surface area contributed by atoms with Crippen molar-refractivity contribution in [3.8, 4) is 0 Å². The second kappa shape index (κ2) is 6.62. The maximum absolute atomic E-state index is 12.4. The van der Waals surface area contributed by atoms with Crippen LogP contribution in [0.1, 0.15) is 31.4 Å². The monoisotopic (exact) mass is 316 g/mol. The van der Waals surface area contributed by atoms with E-state index in [-0.39, 0.29) is 17.4 Å². The molecule has 0 aromatic heterocycles. The fourth-order valence-electron chi connectivity index (χ4n) is 3.85. The number of rotatable bonds is 3. The van der Waals surface area contributed by atoms with Crippen molar-refractivity contribution in [1.29, 1.82) is 0 Å². The predicted molar refractivity (Wildman–Crippen MR) is 91.2 cm³/mol. The van der Waals surface area contributed by atoms with Gasteiger partial charge in [-0.05, 0) is 31.9 Å². The van der Waals surface area contributed by atoms with E-state index in [2.05, 4.69) is 49.9 Å². The molecule has 0 saturated carbocycles. The highest BCUT2D eigenvalue weighted by molar-refractivity contribution is 5.79. The minimum Gasteiger partial charge on any atom is -0.379 e. The SMILES string of the molecule is Cc1ccccc1CN1CCOC[C@@]2(CC(=O)N(C(C)C)C2)C1. The molecule has 126 valence electrons. The maximum Gasteiger partial charge on any atom is 0.223 e. The smallest absolute Gasteiger partial charge is 0.223 e. The van der Waals surface area contributed by atoms with Crippen LogP contribution in [0, 0.1) is 12.3 Å². The van der Waals surface area contributed by atoms with E-state index >= 15 is 0 Å². The van der Waals surface area contributed by atoms with Crippen molar-refractivity contribution in [2.45, 2.75) is 39.8 Å². The predicted octanol–water partition coefficient (Wildman–Crippen LogP) is 2.45. The second-order valence-corrected chi connectivity index (χ2v) is 7.48. The number of likely N-dealkylation sites (tertiary alicyclic amines) is 1. The molecule has 0 N–H and O–H groups in total. The summed E-state index contributed by atoms with van der Waals surface area (Å²) in [6.45, 7) is 11.5. The zero-order valence-electron chi connectivity index (χ0n) is 14.5. The maximum atomic E-state index is 12.4. The quantitative estimate of drug-likeness (QED) is 0.859. The first kappa shape index (κ1) is 16.5. The van der Waals surface area contributed by atoms with Crippen LogP contribution in [0.4, 0.5) is 0 Å². The van der Waals surface area contributed by atoms with Gasteiger partial charge in [0.15, 0.2) is 0 Å². The molecule has 0 unspecified atom stereocenters. The van der Waals surface area contributed by atoms with Crippen molar-refractivity contribution in [3.63, 3.8) is 0 Å². The summed E-state index contributed by atoms with van der Waals surface area (Å²) in [5, 5.41) is 0. The first-order valence-electron chi connectivity index (χ1n) is 8.63. The van der Waals surface area contributed by atoms with Gasteiger partial charge in [0.1, 0.15) is 0 Å². The molecule has 1 spiro atoms. The van der Waals surface area contributed by atoms with Gasteiger partial charge in [0.05, 0.1) is 13.2 Å². The van der Waals surface area contributed by atoms with Crippen molar-refractivity contribution < 1.29 is 9.53 Å². The lowest BCUT2D eigenvalue weighted by Gasteiger charge is -2.32. The minimum atomic E-state index is -0.0411. The standard InChI is InChI=1S/C19H28N2O2/c1-15(2)21-13-19(10-18(21)22)12-20(8-9-23-14-19)11-17-7-5-4-6-16(17)3/h4-7,15H,8-14H2,1-3H3/t19-/m0/s1. The molecule has 0 aliphatic carbocycles. The molecule has 2 aliphatic heterocycles. The molecule has 1 atom stereocenters. The van der Waals surface area contributed by atoms with Gasteiger partial charge in [0.25, 0.3) is 0 Å². The van der Waals surface area contributed by atoms with E-state index in [1.165, 1.54) is 11.1 Å². The Morgan fingerprint density at radius 2 is 2.04 bits per heavy atom. The van der Waals surface area contributed by atoms with Gasteiger partial charge in [0.2, 0.25) is 5.91 Å². The lowest BCUT2D eigenvalue weighted by molar-refractivity contribution is -0.129. The summed E-state index contributed by atoms with van der Waals surface area (Å²) in [6, 6.07) is 8.83. The largest absolute Gasteiger partial charge is 0.379 e. The van der Waals surface area contributed by atoms with E-state index in [0.717, 1.165) is 32.8 Å². The van der Waals surface area contributed by atoms with Crippen molar-refractivity contribution in [2.75, 3.05) is 32.8 Å². The molecule has 1 amide bonds. The molecule has 3 rings (SSSR count). The summed E-state index contributed by atoms with van der Waals surface area (Å²) in [6.07, 6.45) is 0.620. The fourth-order valence-corrected chi connectivity index (χ4v) is 3.85. The summed E-state index contributed by atoms with van der Waals surface area (Å²) < 4.78 is 5.89. The van der Waals surface area contributed by atoms with Crippen LogP contribution in [0.15, 0.2) is 24.3 Å². The van der Waals surface area contributed by atoms with Crippen molar-refractivity contribution in [1.82, 2.24) is 9.80 Å². The van der Waals surface area contributed by atoms with E-state index in [1.807, 2.05) is 4.90 Å². The van der Waals surface area contributed by atoms with Crippen LogP contribution in [-0.2, 0) is 16.1 Å². The molecular weight excluding hydrogens is 288 g/mol. The zero-order chi connectivity index (χ0) is 16.4. The fraction of sp³-hybridized carbons (Fsp3) is 0.632. The molecule has 0 bridgehead atoms. The third-order valence-corrected chi connectivity index (χ3v) is 5.15. The Bertz CT molecular complexity index is 572. The van der Waals surface area contributed by atoms with Gasteiger partial charge in [-0.3, -0.25) is 9.69 Å². The summed E-state index contributed by atoms with van der Waals surface area (Å²) in [5.41, 5.74) is 2.66. The Balaban J connectivity index is 1.74. The topological polar surface area (TPSA) is 32.8 Å². The van der Waals surface area contributed by atoms with Gasteiger partial charge in [-0.1, -0.05) is 24.3 Å². The Morgan fingerprint density at radius 1 is 1.26 bits per heavy atom. The zero-order valence-corrected chi connectivity index (χ0v) is 14.5. The summed E-state index contributed by atoms with van der Waals surface area (Å²) in [7, 11) is 0. The number of carbonyl (C=O) groups excluding carboxylic acids is 1. The van der Waals surface area contributed by atoms with Gasteiger partial charge in [-0.25, -0.2) is 0 Å². The molecule has 2 heterocycles. The minimum absolute atomic E-state index is 0.0411. The lowest BCUT2D eigenvalue weighted by Crippen LogP contribution is -2.41. The molecule has 2 aliphatic rings. The van der Waals surface area contributed by atoms with E-state index in [0.29, 0.717) is 13.0 Å². The van der Waals surface area contributed by atoms with Crippen LogP contribution >= 0.6 is 0 Å². The molecule has 2 saturated heterocycles. The highest BCUT2D eigenvalue weighted by Gasteiger charge is 2.46.